The molecular weight excluding hydrogens is 496 g/mol. The number of benzene rings is 2. The second kappa shape index (κ2) is 16.5. The monoisotopic (exact) mass is 528 g/mol. The van der Waals surface area contributed by atoms with Crippen LogP contribution in [0.1, 0.15) is 42.1 Å². The van der Waals surface area contributed by atoms with E-state index >= 15 is 0 Å². The van der Waals surface area contributed by atoms with Gasteiger partial charge in [-0.05, 0) is 67.3 Å². The first kappa shape index (κ1) is 30.0. The van der Waals surface area contributed by atoms with Crippen LogP contribution in [0.5, 0.6) is 17.2 Å². The van der Waals surface area contributed by atoms with Gasteiger partial charge in [-0.25, -0.2) is 9.59 Å². The number of hydrogen-bond acceptors (Lipinski definition) is 10. The minimum Gasteiger partial charge on any atom is -0.494 e. The summed E-state index contributed by atoms with van der Waals surface area (Å²) >= 11 is 0. The molecule has 0 saturated heterocycles. The zero-order valence-corrected chi connectivity index (χ0v) is 21.6. The van der Waals surface area contributed by atoms with E-state index < -0.39 is 23.7 Å². The second-order valence-corrected chi connectivity index (χ2v) is 7.84. The first-order valence-electron chi connectivity index (χ1n) is 12.1. The highest BCUT2D eigenvalue weighted by Gasteiger charge is 2.14. The topological polar surface area (TPSA) is 124 Å². The predicted molar refractivity (Wildman–Crippen MR) is 136 cm³/mol. The molecule has 2 rings (SSSR count). The number of aryl methyl sites for hydroxylation is 1. The normalized spacial score (nSPS) is 10.3. The third-order valence-electron chi connectivity index (χ3n) is 5.04. The van der Waals surface area contributed by atoms with Gasteiger partial charge in [0.1, 0.15) is 23.9 Å². The van der Waals surface area contributed by atoms with Gasteiger partial charge in [-0.2, -0.15) is 0 Å². The van der Waals surface area contributed by atoms with E-state index in [-0.39, 0.29) is 26.2 Å². The Labute approximate surface area is 221 Å². The summed E-state index contributed by atoms with van der Waals surface area (Å²) in [5.41, 5.74) is 1.18. The Morgan fingerprint density at radius 3 is 2.29 bits per heavy atom. The molecule has 0 aliphatic heterocycles. The van der Waals surface area contributed by atoms with E-state index in [9.17, 15) is 19.2 Å². The van der Waals surface area contributed by atoms with Gasteiger partial charge in [0.05, 0.1) is 38.1 Å². The summed E-state index contributed by atoms with van der Waals surface area (Å²) in [5, 5.41) is 0. The van der Waals surface area contributed by atoms with Crippen LogP contribution in [0.2, 0.25) is 0 Å². The van der Waals surface area contributed by atoms with Crippen molar-refractivity contribution in [1.82, 2.24) is 0 Å². The second-order valence-electron chi connectivity index (χ2n) is 7.84. The molecule has 0 saturated carbocycles. The van der Waals surface area contributed by atoms with Crippen LogP contribution in [0.4, 0.5) is 0 Å². The van der Waals surface area contributed by atoms with Crippen molar-refractivity contribution in [2.24, 2.45) is 0 Å². The molecule has 0 unspecified atom stereocenters. The van der Waals surface area contributed by atoms with E-state index in [4.69, 9.17) is 18.9 Å². The van der Waals surface area contributed by atoms with Gasteiger partial charge in [0, 0.05) is 7.11 Å². The lowest BCUT2D eigenvalue weighted by molar-refractivity contribution is -0.155. The van der Waals surface area contributed by atoms with Crippen molar-refractivity contribution in [1.29, 1.82) is 0 Å². The molecule has 10 nitrogen and oxygen atoms in total. The molecule has 0 amide bonds. The number of carbonyl (C=O) groups excluding carboxylic acids is 4. The first-order valence-corrected chi connectivity index (χ1v) is 12.1. The lowest BCUT2D eigenvalue weighted by Gasteiger charge is -2.12. The zero-order valence-electron chi connectivity index (χ0n) is 21.6. The van der Waals surface area contributed by atoms with Crippen LogP contribution in [-0.2, 0) is 35.0 Å². The molecule has 0 bridgehead atoms. The van der Waals surface area contributed by atoms with E-state index in [1.165, 1.54) is 7.11 Å². The Morgan fingerprint density at radius 2 is 1.61 bits per heavy atom. The van der Waals surface area contributed by atoms with Crippen LogP contribution >= 0.6 is 0 Å². The number of Topliss-reactive ketones (excluding diaryl/α,β-unsaturated/α-hetero) is 1. The minimum atomic E-state index is -0.909. The van der Waals surface area contributed by atoms with Crippen molar-refractivity contribution in [3.63, 3.8) is 0 Å². The summed E-state index contributed by atoms with van der Waals surface area (Å²) in [4.78, 5) is 46.6. The zero-order chi connectivity index (χ0) is 27.8. The molecule has 0 radical (unpaired) electrons. The molecule has 0 aliphatic rings. The Hall–Kier alpha value is -4.18. The van der Waals surface area contributed by atoms with Crippen molar-refractivity contribution in [3.05, 3.63) is 66.4 Å². The summed E-state index contributed by atoms with van der Waals surface area (Å²) in [7, 11) is 1.33. The molecular formula is C28H32O10. The van der Waals surface area contributed by atoms with E-state index in [2.05, 4.69) is 16.1 Å². The summed E-state index contributed by atoms with van der Waals surface area (Å²) < 4.78 is 30.9. The predicted octanol–water partition coefficient (Wildman–Crippen LogP) is 3.84. The number of rotatable bonds is 17. The summed E-state index contributed by atoms with van der Waals surface area (Å²) in [6.07, 6.45) is 2.93. The van der Waals surface area contributed by atoms with Gasteiger partial charge in [0.15, 0.2) is 0 Å². The van der Waals surface area contributed by atoms with Gasteiger partial charge in [-0.1, -0.05) is 13.5 Å². The molecule has 2 aromatic rings. The average Bonchev–Trinajstić information content (AvgIpc) is 2.91. The highest BCUT2D eigenvalue weighted by Crippen LogP contribution is 2.26. The number of unbranched alkanes of at least 4 members (excludes halogenated alkanes) is 1. The number of esters is 3. The fourth-order valence-electron chi connectivity index (χ4n) is 3.12. The molecule has 0 N–H and O–H groups in total. The van der Waals surface area contributed by atoms with Gasteiger partial charge in [0.2, 0.25) is 0 Å². The van der Waals surface area contributed by atoms with Gasteiger partial charge < -0.3 is 28.4 Å². The number of ketones is 1. The molecule has 2 aromatic carbocycles. The van der Waals surface area contributed by atoms with Crippen LogP contribution in [0, 0.1) is 0 Å². The van der Waals surface area contributed by atoms with Gasteiger partial charge in [0.25, 0.3) is 5.78 Å². The fourth-order valence-corrected chi connectivity index (χ4v) is 3.12. The fraction of sp³-hybridized carbons (Fsp3) is 0.357. The Morgan fingerprint density at radius 1 is 0.895 bits per heavy atom. The highest BCUT2D eigenvalue weighted by molar-refractivity contribution is 6.34. The third-order valence-corrected chi connectivity index (χ3v) is 5.04. The number of methoxy groups -OCH3 is 1. The van der Waals surface area contributed by atoms with Crippen molar-refractivity contribution in [3.8, 4) is 17.2 Å². The molecule has 38 heavy (non-hydrogen) atoms. The lowest BCUT2D eigenvalue weighted by atomic mass is 10.1. The van der Waals surface area contributed by atoms with Crippen LogP contribution in [-0.4, -0.2) is 57.2 Å². The van der Waals surface area contributed by atoms with Crippen LogP contribution in [0.25, 0.3) is 0 Å². The molecule has 0 aliphatic carbocycles. The van der Waals surface area contributed by atoms with Crippen molar-refractivity contribution < 1.29 is 47.6 Å². The molecule has 0 aromatic heterocycles. The van der Waals surface area contributed by atoms with E-state index in [0.717, 1.165) is 11.8 Å². The summed E-state index contributed by atoms with van der Waals surface area (Å²) in [6, 6.07) is 11.5. The van der Waals surface area contributed by atoms with Crippen LogP contribution in [0.15, 0.2) is 55.3 Å². The van der Waals surface area contributed by atoms with Crippen LogP contribution < -0.4 is 14.2 Å². The van der Waals surface area contributed by atoms with Crippen LogP contribution in [0.3, 0.4) is 0 Å². The van der Waals surface area contributed by atoms with E-state index in [0.29, 0.717) is 48.7 Å². The third kappa shape index (κ3) is 10.4. The molecule has 204 valence electrons. The Kier molecular flexibility index (Phi) is 13.1. The molecule has 0 fully saturated rings. The van der Waals surface area contributed by atoms with Gasteiger partial charge in [-0.15, -0.1) is 0 Å². The number of carbonyl (C=O) groups is 4. The highest BCUT2D eigenvalue weighted by atomic mass is 16.5. The van der Waals surface area contributed by atoms with Crippen molar-refractivity contribution in [2.45, 2.75) is 32.6 Å². The maximum Gasteiger partial charge on any atom is 0.377 e. The van der Waals surface area contributed by atoms with Gasteiger partial charge in [-0.3, -0.25) is 9.59 Å². The van der Waals surface area contributed by atoms with E-state index in [1.54, 1.807) is 42.5 Å². The van der Waals surface area contributed by atoms with Gasteiger partial charge >= 0.3 is 17.9 Å². The maximum atomic E-state index is 12.6. The molecule has 10 heteroatoms. The first-order chi connectivity index (χ1) is 18.4. The summed E-state index contributed by atoms with van der Waals surface area (Å²) in [5.74, 6) is -1.05. The quantitative estimate of drug-likeness (QED) is 0.0983. The van der Waals surface area contributed by atoms with Crippen molar-refractivity contribution in [2.75, 3.05) is 33.5 Å². The van der Waals surface area contributed by atoms with E-state index in [1.807, 2.05) is 6.92 Å². The Balaban J connectivity index is 1.77. The Bertz CT molecular complexity index is 1090. The minimum absolute atomic E-state index is 0.0819. The summed E-state index contributed by atoms with van der Waals surface area (Å²) in [6.45, 7) is 5.60. The molecule has 0 spiro atoms. The standard InChI is InChI=1S/C28H32O10/c1-4-20-18-23(12-13-25(20)36-17-14-26(30)34-5-2)38-27(31)21-8-10-22(11-9-21)35-15-6-7-16-37-28(32)24(29)19-33-3/h5,8-13,18H,2,4,6-7,14-17,19H2,1,3H3. The SMILES string of the molecule is C=COC(=O)CCOc1ccc(OC(=O)c2ccc(OCCCCOC(=O)C(=O)COC)cc2)cc1CC. The molecule has 0 heterocycles. The van der Waals surface area contributed by atoms with Crippen molar-refractivity contribution >= 4 is 23.7 Å². The number of hydrogen-bond donors (Lipinski definition) is 0. The maximum absolute atomic E-state index is 12.6. The lowest BCUT2D eigenvalue weighted by Crippen LogP contribution is -2.22. The average molecular weight is 529 g/mol. The molecule has 0 atom stereocenters. The largest absolute Gasteiger partial charge is 0.494 e. The smallest absolute Gasteiger partial charge is 0.377 e. The number of ether oxygens (including phenoxy) is 6.